The number of hydrogen-bond acceptors (Lipinski definition) is 4. The van der Waals surface area contributed by atoms with Gasteiger partial charge in [0.25, 0.3) is 5.91 Å². The summed E-state index contributed by atoms with van der Waals surface area (Å²) in [5, 5.41) is 6.98. The zero-order chi connectivity index (χ0) is 20.1. The number of aromatic nitrogens is 2. The van der Waals surface area contributed by atoms with Gasteiger partial charge in [-0.15, -0.1) is 0 Å². The molecular weight excluding hydrogens is 396 g/mol. The molecule has 28 heavy (non-hydrogen) atoms. The van der Waals surface area contributed by atoms with Crippen LogP contribution < -0.4 is 10.6 Å². The van der Waals surface area contributed by atoms with Crippen molar-refractivity contribution < 1.29 is 9.59 Å². The number of rotatable bonds is 6. The first-order chi connectivity index (χ1) is 13.4. The van der Waals surface area contributed by atoms with Gasteiger partial charge in [0.1, 0.15) is 0 Å². The maximum atomic E-state index is 12.7. The largest absolute Gasteiger partial charge is 0.352 e. The Bertz CT molecular complexity index is 1000. The lowest BCUT2D eigenvalue weighted by Gasteiger charge is -2.12. The summed E-state index contributed by atoms with van der Waals surface area (Å²) in [4.78, 5) is 28.8. The summed E-state index contributed by atoms with van der Waals surface area (Å²) in [7, 11) is 1.91. The van der Waals surface area contributed by atoms with E-state index in [1.807, 2.05) is 36.0 Å². The van der Waals surface area contributed by atoms with Crippen LogP contribution in [0.2, 0.25) is 5.02 Å². The fraction of sp³-hybridized carbons (Fsp3) is 0.150. The van der Waals surface area contributed by atoms with Gasteiger partial charge in [-0.1, -0.05) is 23.7 Å². The molecule has 0 bridgehead atoms. The number of carbonyl (C=O) groups is 2. The standard InChI is InChI=1S/C20H19ClN4O2S/c1-13(26)23-12-14-3-5-15(6-4-14)19(27)24-17-11-16(21)7-8-18(17)28-20-22-9-10-25(20)2/h3-11H,12H2,1-2H3,(H,23,26)(H,24,27). The van der Waals surface area contributed by atoms with Crippen LogP contribution in [0.4, 0.5) is 5.69 Å². The molecular formula is C20H19ClN4O2S. The third kappa shape index (κ3) is 5.15. The third-order valence-electron chi connectivity index (χ3n) is 3.93. The molecule has 2 aromatic carbocycles. The number of nitrogens with zero attached hydrogens (tertiary/aromatic N) is 2. The van der Waals surface area contributed by atoms with Gasteiger partial charge in [-0.3, -0.25) is 9.59 Å². The maximum absolute atomic E-state index is 12.7. The number of benzene rings is 2. The first kappa shape index (κ1) is 20.0. The molecule has 2 N–H and O–H groups in total. The van der Waals surface area contributed by atoms with Crippen LogP contribution >= 0.6 is 23.4 Å². The number of imidazole rings is 1. The quantitative estimate of drug-likeness (QED) is 0.636. The van der Waals surface area contributed by atoms with Crippen LogP contribution in [-0.2, 0) is 18.4 Å². The Morgan fingerprint density at radius 2 is 1.93 bits per heavy atom. The van der Waals surface area contributed by atoms with Crippen molar-refractivity contribution >= 4 is 40.9 Å². The Balaban J connectivity index is 1.75. The summed E-state index contributed by atoms with van der Waals surface area (Å²) in [5.41, 5.74) is 2.05. The summed E-state index contributed by atoms with van der Waals surface area (Å²) in [6, 6.07) is 12.4. The van der Waals surface area contributed by atoms with Crippen molar-refractivity contribution in [2.24, 2.45) is 7.05 Å². The fourth-order valence-electron chi connectivity index (χ4n) is 2.43. The SMILES string of the molecule is CC(=O)NCc1ccc(C(=O)Nc2cc(Cl)ccc2Sc2nccn2C)cc1. The first-order valence-electron chi connectivity index (χ1n) is 8.52. The van der Waals surface area contributed by atoms with Gasteiger partial charge in [0.2, 0.25) is 5.91 Å². The average molecular weight is 415 g/mol. The molecule has 0 saturated heterocycles. The maximum Gasteiger partial charge on any atom is 0.255 e. The van der Waals surface area contributed by atoms with Gasteiger partial charge in [0.05, 0.1) is 5.69 Å². The second kappa shape index (κ2) is 8.95. The van der Waals surface area contributed by atoms with E-state index in [1.54, 1.807) is 30.5 Å². The molecule has 0 atom stereocenters. The van der Waals surface area contributed by atoms with Gasteiger partial charge in [-0.2, -0.15) is 0 Å². The lowest BCUT2D eigenvalue weighted by atomic mass is 10.1. The van der Waals surface area contributed by atoms with E-state index >= 15 is 0 Å². The minimum Gasteiger partial charge on any atom is -0.352 e. The van der Waals surface area contributed by atoms with Crippen LogP contribution in [0.15, 0.2) is 64.9 Å². The number of carbonyl (C=O) groups excluding carboxylic acids is 2. The van der Waals surface area contributed by atoms with Crippen molar-refractivity contribution in [1.82, 2.24) is 14.9 Å². The average Bonchev–Trinajstić information content (AvgIpc) is 3.07. The molecule has 0 fully saturated rings. The van der Waals surface area contributed by atoms with Crippen molar-refractivity contribution in [2.75, 3.05) is 5.32 Å². The second-order valence-electron chi connectivity index (χ2n) is 6.12. The summed E-state index contributed by atoms with van der Waals surface area (Å²) < 4.78 is 1.90. The van der Waals surface area contributed by atoms with Crippen molar-refractivity contribution in [3.63, 3.8) is 0 Å². The number of halogens is 1. The second-order valence-corrected chi connectivity index (χ2v) is 7.57. The normalized spacial score (nSPS) is 10.5. The van der Waals surface area contributed by atoms with Crippen LogP contribution in [0.1, 0.15) is 22.8 Å². The smallest absolute Gasteiger partial charge is 0.255 e. The summed E-state index contributed by atoms with van der Waals surface area (Å²) in [5.74, 6) is -0.337. The molecule has 0 saturated carbocycles. The van der Waals surface area contributed by atoms with E-state index in [1.165, 1.54) is 18.7 Å². The van der Waals surface area contributed by atoms with Crippen molar-refractivity contribution in [2.45, 2.75) is 23.5 Å². The number of aryl methyl sites for hydroxylation is 1. The molecule has 1 heterocycles. The van der Waals surface area contributed by atoms with Gasteiger partial charge in [0, 0.05) is 48.4 Å². The van der Waals surface area contributed by atoms with Gasteiger partial charge in [-0.25, -0.2) is 4.98 Å². The predicted octanol–water partition coefficient (Wildman–Crippen LogP) is 4.11. The van der Waals surface area contributed by atoms with Crippen LogP contribution in [0.25, 0.3) is 0 Å². The predicted molar refractivity (Wildman–Crippen MR) is 111 cm³/mol. The van der Waals surface area contributed by atoms with Gasteiger partial charge < -0.3 is 15.2 Å². The van der Waals surface area contributed by atoms with Crippen molar-refractivity contribution in [1.29, 1.82) is 0 Å². The minimum atomic E-state index is -0.241. The number of hydrogen-bond donors (Lipinski definition) is 2. The highest BCUT2D eigenvalue weighted by atomic mass is 35.5. The number of amides is 2. The van der Waals surface area contributed by atoms with Gasteiger partial charge in [-0.05, 0) is 47.7 Å². The molecule has 0 aliphatic rings. The topological polar surface area (TPSA) is 76.0 Å². The molecule has 144 valence electrons. The van der Waals surface area contributed by atoms with Crippen LogP contribution in [0.5, 0.6) is 0 Å². The summed E-state index contributed by atoms with van der Waals surface area (Å²) >= 11 is 7.57. The van der Waals surface area contributed by atoms with Crippen molar-refractivity contribution in [3.8, 4) is 0 Å². The monoisotopic (exact) mass is 414 g/mol. The Hall–Kier alpha value is -2.77. The molecule has 0 aliphatic carbocycles. The van der Waals surface area contributed by atoms with Crippen LogP contribution in [0, 0.1) is 0 Å². The van der Waals surface area contributed by atoms with E-state index in [2.05, 4.69) is 15.6 Å². The zero-order valence-electron chi connectivity index (χ0n) is 15.4. The molecule has 2 amide bonds. The Morgan fingerprint density at radius 1 is 1.18 bits per heavy atom. The van der Waals surface area contributed by atoms with E-state index in [0.717, 1.165) is 15.6 Å². The van der Waals surface area contributed by atoms with Crippen LogP contribution in [-0.4, -0.2) is 21.4 Å². The zero-order valence-corrected chi connectivity index (χ0v) is 17.0. The number of nitrogens with one attached hydrogen (secondary N) is 2. The molecule has 0 spiro atoms. The molecule has 3 aromatic rings. The fourth-order valence-corrected chi connectivity index (χ4v) is 3.48. The molecule has 8 heteroatoms. The highest BCUT2D eigenvalue weighted by Gasteiger charge is 2.13. The molecule has 0 unspecified atom stereocenters. The number of anilines is 1. The van der Waals surface area contributed by atoms with E-state index in [9.17, 15) is 9.59 Å². The lowest BCUT2D eigenvalue weighted by molar-refractivity contribution is -0.119. The highest BCUT2D eigenvalue weighted by molar-refractivity contribution is 7.99. The molecule has 6 nitrogen and oxygen atoms in total. The third-order valence-corrected chi connectivity index (χ3v) is 5.31. The van der Waals surface area contributed by atoms with Crippen LogP contribution in [0.3, 0.4) is 0 Å². The molecule has 0 radical (unpaired) electrons. The Labute approximate surface area is 172 Å². The van der Waals surface area contributed by atoms with Crippen molar-refractivity contribution in [3.05, 3.63) is 71.0 Å². The summed E-state index contributed by atoms with van der Waals surface area (Å²) in [6.07, 6.45) is 3.58. The van der Waals surface area contributed by atoms with E-state index < -0.39 is 0 Å². The Morgan fingerprint density at radius 3 is 2.57 bits per heavy atom. The van der Waals surface area contributed by atoms with E-state index in [0.29, 0.717) is 22.8 Å². The van der Waals surface area contributed by atoms with E-state index in [-0.39, 0.29) is 11.8 Å². The molecule has 0 aliphatic heterocycles. The lowest BCUT2D eigenvalue weighted by Crippen LogP contribution is -2.19. The van der Waals surface area contributed by atoms with Gasteiger partial charge >= 0.3 is 0 Å². The highest BCUT2D eigenvalue weighted by Crippen LogP contribution is 2.34. The minimum absolute atomic E-state index is 0.0967. The Kier molecular flexibility index (Phi) is 6.38. The van der Waals surface area contributed by atoms with E-state index in [4.69, 9.17) is 11.6 Å². The van der Waals surface area contributed by atoms with Gasteiger partial charge in [0.15, 0.2) is 5.16 Å². The molecule has 3 rings (SSSR count). The first-order valence-corrected chi connectivity index (χ1v) is 9.71. The molecule has 1 aromatic heterocycles. The summed E-state index contributed by atoms with van der Waals surface area (Å²) in [6.45, 7) is 1.89.